The van der Waals surface area contributed by atoms with Crippen LogP contribution in [0, 0.1) is 0 Å². The Balaban J connectivity index is 2.09. The Bertz CT molecular complexity index is 430. The summed E-state index contributed by atoms with van der Waals surface area (Å²) in [5, 5.41) is 13.2. The molecule has 0 fully saturated rings. The minimum absolute atomic E-state index is 0.538. The zero-order valence-corrected chi connectivity index (χ0v) is 9.50. The van der Waals surface area contributed by atoms with Gasteiger partial charge in [-0.1, -0.05) is 23.7 Å². The number of aliphatic hydroxyl groups excluding tert-OH is 1. The minimum atomic E-state index is -0.538. The summed E-state index contributed by atoms with van der Waals surface area (Å²) in [6, 6.07) is 7.51. The Kier molecular flexibility index (Phi) is 3.36. The first-order valence-corrected chi connectivity index (χ1v) is 5.83. The highest BCUT2D eigenvalue weighted by Gasteiger charge is 2.10. The van der Waals surface area contributed by atoms with E-state index in [0.717, 1.165) is 10.6 Å². The van der Waals surface area contributed by atoms with Gasteiger partial charge in [0.2, 0.25) is 0 Å². The summed E-state index contributed by atoms with van der Waals surface area (Å²) in [5.74, 6) is 0. The van der Waals surface area contributed by atoms with Crippen molar-refractivity contribution in [3.05, 3.63) is 51.4 Å². The van der Waals surface area contributed by atoms with E-state index in [-0.39, 0.29) is 0 Å². The molecule has 0 amide bonds. The zero-order valence-electron chi connectivity index (χ0n) is 7.93. The molecule has 1 aromatic heterocycles. The average molecular weight is 240 g/mol. The smallest absolute Gasteiger partial charge is 0.121 e. The minimum Gasteiger partial charge on any atom is -0.386 e. The van der Waals surface area contributed by atoms with Crippen molar-refractivity contribution in [3.8, 4) is 0 Å². The second kappa shape index (κ2) is 4.75. The standard InChI is InChI=1S/C11H10ClNOS/c12-9-3-1-2-8(6-9)7-10(14)11-13-4-5-15-11/h1-6,10,14H,7H2. The van der Waals surface area contributed by atoms with Crippen LogP contribution in [0.4, 0.5) is 0 Å². The number of aliphatic hydroxyl groups is 1. The predicted octanol–water partition coefficient (Wildman–Crippen LogP) is 3.07. The number of aromatic nitrogens is 1. The second-order valence-electron chi connectivity index (χ2n) is 3.22. The number of rotatable bonds is 3. The first kappa shape index (κ1) is 10.6. The van der Waals surface area contributed by atoms with Gasteiger partial charge in [-0.3, -0.25) is 0 Å². The van der Waals surface area contributed by atoms with Gasteiger partial charge in [0.1, 0.15) is 11.1 Å². The lowest BCUT2D eigenvalue weighted by Gasteiger charge is -2.07. The largest absolute Gasteiger partial charge is 0.386 e. The monoisotopic (exact) mass is 239 g/mol. The molecule has 0 saturated heterocycles. The van der Waals surface area contributed by atoms with Crippen LogP contribution in [0.2, 0.25) is 5.02 Å². The van der Waals surface area contributed by atoms with Crippen LogP contribution in [0.15, 0.2) is 35.8 Å². The Morgan fingerprint density at radius 2 is 2.33 bits per heavy atom. The molecule has 2 nitrogen and oxygen atoms in total. The lowest BCUT2D eigenvalue weighted by atomic mass is 10.1. The highest BCUT2D eigenvalue weighted by atomic mass is 35.5. The molecule has 0 radical (unpaired) electrons. The fourth-order valence-electron chi connectivity index (χ4n) is 1.37. The van der Waals surface area contributed by atoms with Crippen LogP contribution in [0.1, 0.15) is 16.7 Å². The highest BCUT2D eigenvalue weighted by molar-refractivity contribution is 7.09. The molecule has 1 heterocycles. The molecule has 15 heavy (non-hydrogen) atoms. The van der Waals surface area contributed by atoms with Crippen molar-refractivity contribution in [3.63, 3.8) is 0 Å². The molecule has 2 rings (SSSR count). The van der Waals surface area contributed by atoms with Gasteiger partial charge in [0, 0.05) is 23.0 Å². The van der Waals surface area contributed by atoms with Gasteiger partial charge in [0.05, 0.1) is 0 Å². The van der Waals surface area contributed by atoms with Crippen LogP contribution < -0.4 is 0 Å². The molecule has 78 valence electrons. The summed E-state index contributed by atoms with van der Waals surface area (Å²) >= 11 is 7.32. The van der Waals surface area contributed by atoms with E-state index >= 15 is 0 Å². The Morgan fingerprint density at radius 1 is 1.47 bits per heavy atom. The van der Waals surface area contributed by atoms with Crippen LogP contribution in [0.25, 0.3) is 0 Å². The predicted molar refractivity (Wildman–Crippen MR) is 62.2 cm³/mol. The Hall–Kier alpha value is -0.900. The van der Waals surface area contributed by atoms with Gasteiger partial charge in [-0.05, 0) is 17.7 Å². The molecule has 0 aliphatic rings. The number of halogens is 1. The first-order chi connectivity index (χ1) is 7.25. The van der Waals surface area contributed by atoms with Crippen molar-refractivity contribution < 1.29 is 5.11 Å². The highest BCUT2D eigenvalue weighted by Crippen LogP contribution is 2.21. The van der Waals surface area contributed by atoms with Crippen molar-refractivity contribution >= 4 is 22.9 Å². The van der Waals surface area contributed by atoms with E-state index in [1.165, 1.54) is 11.3 Å². The van der Waals surface area contributed by atoms with Crippen LogP contribution in [0.5, 0.6) is 0 Å². The molecule has 4 heteroatoms. The van der Waals surface area contributed by atoms with Crippen molar-refractivity contribution in [1.29, 1.82) is 0 Å². The number of thiazole rings is 1. The maximum atomic E-state index is 9.86. The lowest BCUT2D eigenvalue weighted by molar-refractivity contribution is 0.178. The summed E-state index contributed by atoms with van der Waals surface area (Å²) in [6.07, 6.45) is 1.71. The molecule has 0 aliphatic heterocycles. The Morgan fingerprint density at radius 3 is 3.00 bits per heavy atom. The average Bonchev–Trinajstić information content (AvgIpc) is 2.70. The van der Waals surface area contributed by atoms with Gasteiger partial charge in [0.25, 0.3) is 0 Å². The van der Waals surface area contributed by atoms with Crippen molar-refractivity contribution in [1.82, 2.24) is 4.98 Å². The topological polar surface area (TPSA) is 33.1 Å². The van der Waals surface area contributed by atoms with Gasteiger partial charge < -0.3 is 5.11 Å². The molecule has 1 aromatic carbocycles. The lowest BCUT2D eigenvalue weighted by Crippen LogP contribution is -2.00. The van der Waals surface area contributed by atoms with Gasteiger partial charge >= 0.3 is 0 Å². The van der Waals surface area contributed by atoms with Crippen LogP contribution in [-0.2, 0) is 6.42 Å². The van der Waals surface area contributed by atoms with Crippen LogP contribution in [0.3, 0.4) is 0 Å². The van der Waals surface area contributed by atoms with E-state index < -0.39 is 6.10 Å². The molecular formula is C11H10ClNOS. The molecular weight excluding hydrogens is 230 g/mol. The fraction of sp³-hybridized carbons (Fsp3) is 0.182. The van der Waals surface area contributed by atoms with E-state index in [9.17, 15) is 5.11 Å². The molecule has 2 aromatic rings. The number of benzene rings is 1. The number of hydrogen-bond acceptors (Lipinski definition) is 3. The van der Waals surface area contributed by atoms with E-state index in [4.69, 9.17) is 11.6 Å². The van der Waals surface area contributed by atoms with Crippen molar-refractivity contribution in [2.24, 2.45) is 0 Å². The maximum absolute atomic E-state index is 9.86. The summed E-state index contributed by atoms with van der Waals surface area (Å²) in [5.41, 5.74) is 1.02. The SMILES string of the molecule is OC(Cc1cccc(Cl)c1)c1nccs1. The summed E-state index contributed by atoms with van der Waals surface area (Å²) in [6.45, 7) is 0. The quantitative estimate of drug-likeness (QED) is 0.893. The molecule has 0 saturated carbocycles. The van der Waals surface area contributed by atoms with E-state index in [1.807, 2.05) is 29.6 Å². The van der Waals surface area contributed by atoms with Crippen molar-refractivity contribution in [2.45, 2.75) is 12.5 Å². The molecule has 1 unspecified atom stereocenters. The zero-order chi connectivity index (χ0) is 10.7. The summed E-state index contributed by atoms with van der Waals surface area (Å²) in [7, 11) is 0. The first-order valence-electron chi connectivity index (χ1n) is 4.57. The summed E-state index contributed by atoms with van der Waals surface area (Å²) in [4.78, 5) is 4.07. The fourth-order valence-corrected chi connectivity index (χ4v) is 2.21. The van der Waals surface area contributed by atoms with Crippen LogP contribution >= 0.6 is 22.9 Å². The second-order valence-corrected chi connectivity index (χ2v) is 4.58. The third-order valence-electron chi connectivity index (χ3n) is 2.05. The van der Waals surface area contributed by atoms with E-state index in [1.54, 1.807) is 6.20 Å². The van der Waals surface area contributed by atoms with Crippen molar-refractivity contribution in [2.75, 3.05) is 0 Å². The van der Waals surface area contributed by atoms with Crippen LogP contribution in [-0.4, -0.2) is 10.1 Å². The molecule has 1 N–H and O–H groups in total. The molecule has 0 aliphatic carbocycles. The summed E-state index contributed by atoms with van der Waals surface area (Å²) < 4.78 is 0. The van der Waals surface area contributed by atoms with Gasteiger partial charge in [-0.15, -0.1) is 11.3 Å². The third kappa shape index (κ3) is 2.78. The van der Waals surface area contributed by atoms with Gasteiger partial charge in [-0.25, -0.2) is 4.98 Å². The van der Waals surface area contributed by atoms with E-state index in [2.05, 4.69) is 4.98 Å². The molecule has 1 atom stereocenters. The molecule has 0 bridgehead atoms. The normalized spacial score (nSPS) is 12.7. The maximum Gasteiger partial charge on any atom is 0.121 e. The molecule has 0 spiro atoms. The van der Waals surface area contributed by atoms with E-state index in [0.29, 0.717) is 11.4 Å². The third-order valence-corrected chi connectivity index (χ3v) is 3.17. The van der Waals surface area contributed by atoms with Gasteiger partial charge in [-0.2, -0.15) is 0 Å². The Labute approximate surface area is 97.2 Å². The number of hydrogen-bond donors (Lipinski definition) is 1. The number of nitrogens with zero attached hydrogens (tertiary/aromatic N) is 1. The van der Waals surface area contributed by atoms with Gasteiger partial charge in [0.15, 0.2) is 0 Å².